The largest absolute Gasteiger partial charge is 0.457 e. The van der Waals surface area contributed by atoms with E-state index in [9.17, 15) is 9.59 Å². The summed E-state index contributed by atoms with van der Waals surface area (Å²) in [6.07, 6.45) is 11.0. The predicted octanol–water partition coefficient (Wildman–Crippen LogP) is 5.29. The fourth-order valence-electron chi connectivity index (χ4n) is 2.71. The number of unbranched alkanes of at least 4 members (excludes halogenated alkanes) is 2. The third-order valence-electron chi connectivity index (χ3n) is 4.42. The molecule has 0 radical (unpaired) electrons. The molecule has 0 aromatic rings. The fraction of sp³-hybridized carbons (Fsp3) is 0.900. The SMILES string of the molecule is CCCCC(C)CCCOC(=O)C(=O)OCCCC(C)CCCC. The van der Waals surface area contributed by atoms with E-state index >= 15 is 0 Å². The van der Waals surface area contributed by atoms with E-state index in [1.54, 1.807) is 0 Å². The number of rotatable bonds is 14. The molecule has 0 aliphatic carbocycles. The molecular formula is C20H38O4. The summed E-state index contributed by atoms with van der Waals surface area (Å²) in [5.41, 5.74) is 0. The van der Waals surface area contributed by atoms with Crippen LogP contribution in [0.3, 0.4) is 0 Å². The first kappa shape index (κ1) is 22.9. The van der Waals surface area contributed by atoms with Gasteiger partial charge in [-0.25, -0.2) is 9.59 Å². The number of hydrogen-bond donors (Lipinski definition) is 0. The van der Waals surface area contributed by atoms with Gasteiger partial charge in [-0.3, -0.25) is 0 Å². The third-order valence-corrected chi connectivity index (χ3v) is 4.42. The molecule has 0 saturated heterocycles. The van der Waals surface area contributed by atoms with Crippen molar-refractivity contribution < 1.29 is 19.1 Å². The minimum absolute atomic E-state index is 0.304. The number of esters is 2. The van der Waals surface area contributed by atoms with Crippen LogP contribution in [0.25, 0.3) is 0 Å². The third kappa shape index (κ3) is 13.4. The lowest BCUT2D eigenvalue weighted by Crippen LogP contribution is -2.21. The van der Waals surface area contributed by atoms with E-state index in [1.165, 1.54) is 38.5 Å². The van der Waals surface area contributed by atoms with Crippen molar-refractivity contribution in [1.29, 1.82) is 0 Å². The van der Waals surface area contributed by atoms with Crippen molar-refractivity contribution in [2.75, 3.05) is 13.2 Å². The van der Waals surface area contributed by atoms with Gasteiger partial charge >= 0.3 is 11.9 Å². The summed E-state index contributed by atoms with van der Waals surface area (Å²) in [6.45, 7) is 9.41. The smallest absolute Gasteiger partial charge is 0.417 e. The van der Waals surface area contributed by atoms with Crippen LogP contribution in [0.4, 0.5) is 0 Å². The van der Waals surface area contributed by atoms with Crippen LogP contribution in [0, 0.1) is 11.8 Å². The van der Waals surface area contributed by atoms with Crippen molar-refractivity contribution >= 4 is 11.9 Å². The standard InChI is InChI=1S/C20H38O4/c1-5-7-11-17(3)13-9-15-23-19(21)20(22)24-16-10-14-18(4)12-8-6-2/h17-18H,5-16H2,1-4H3. The lowest BCUT2D eigenvalue weighted by molar-refractivity contribution is -0.167. The topological polar surface area (TPSA) is 52.6 Å². The summed E-state index contributed by atoms with van der Waals surface area (Å²) in [7, 11) is 0. The van der Waals surface area contributed by atoms with E-state index in [2.05, 4.69) is 27.7 Å². The van der Waals surface area contributed by atoms with E-state index in [-0.39, 0.29) is 0 Å². The van der Waals surface area contributed by atoms with Gasteiger partial charge in [-0.05, 0) is 37.5 Å². The van der Waals surface area contributed by atoms with Crippen molar-refractivity contribution in [3.8, 4) is 0 Å². The van der Waals surface area contributed by atoms with Crippen LogP contribution in [0.15, 0.2) is 0 Å². The zero-order valence-corrected chi connectivity index (χ0v) is 16.3. The first-order chi connectivity index (χ1) is 11.5. The van der Waals surface area contributed by atoms with Gasteiger partial charge in [-0.15, -0.1) is 0 Å². The van der Waals surface area contributed by atoms with E-state index in [1.807, 2.05) is 0 Å². The van der Waals surface area contributed by atoms with Crippen LogP contribution >= 0.6 is 0 Å². The molecule has 0 spiro atoms. The number of carbonyl (C=O) groups is 2. The second-order valence-corrected chi connectivity index (χ2v) is 7.05. The Morgan fingerprint density at radius 2 is 1.00 bits per heavy atom. The van der Waals surface area contributed by atoms with E-state index in [0.717, 1.165) is 25.7 Å². The van der Waals surface area contributed by atoms with Crippen LogP contribution in [-0.2, 0) is 19.1 Å². The van der Waals surface area contributed by atoms with Crippen LogP contribution in [-0.4, -0.2) is 25.2 Å². The molecule has 24 heavy (non-hydrogen) atoms. The maximum Gasteiger partial charge on any atom is 0.417 e. The molecule has 0 heterocycles. The Bertz CT molecular complexity index is 296. The molecular weight excluding hydrogens is 304 g/mol. The van der Waals surface area contributed by atoms with Crippen molar-refractivity contribution in [1.82, 2.24) is 0 Å². The zero-order chi connectivity index (χ0) is 18.2. The summed E-state index contributed by atoms with van der Waals surface area (Å²) < 4.78 is 9.95. The van der Waals surface area contributed by atoms with Gasteiger partial charge in [-0.2, -0.15) is 0 Å². The van der Waals surface area contributed by atoms with Crippen molar-refractivity contribution in [3.05, 3.63) is 0 Å². The summed E-state index contributed by atoms with van der Waals surface area (Å²) >= 11 is 0. The number of hydrogen-bond acceptors (Lipinski definition) is 4. The molecule has 2 unspecified atom stereocenters. The Kier molecular flexibility index (Phi) is 14.8. The molecule has 0 bridgehead atoms. The first-order valence-corrected chi connectivity index (χ1v) is 9.85. The average Bonchev–Trinajstić information content (AvgIpc) is 2.58. The monoisotopic (exact) mass is 342 g/mol. The van der Waals surface area contributed by atoms with E-state index in [4.69, 9.17) is 9.47 Å². The zero-order valence-electron chi connectivity index (χ0n) is 16.3. The molecule has 0 aromatic carbocycles. The molecule has 0 fully saturated rings. The second kappa shape index (κ2) is 15.5. The molecule has 0 rings (SSSR count). The Labute approximate surface area is 148 Å². The van der Waals surface area contributed by atoms with Gasteiger partial charge in [-0.1, -0.05) is 66.2 Å². The molecule has 0 aromatic heterocycles. The molecule has 0 N–H and O–H groups in total. The lowest BCUT2D eigenvalue weighted by Gasteiger charge is -2.11. The molecule has 0 amide bonds. The van der Waals surface area contributed by atoms with Crippen LogP contribution in [0.5, 0.6) is 0 Å². The van der Waals surface area contributed by atoms with Gasteiger partial charge in [0.05, 0.1) is 13.2 Å². The van der Waals surface area contributed by atoms with Gasteiger partial charge in [0.2, 0.25) is 0 Å². The van der Waals surface area contributed by atoms with Gasteiger partial charge in [0.25, 0.3) is 0 Å². The maximum absolute atomic E-state index is 11.5. The Morgan fingerprint density at radius 1 is 0.667 bits per heavy atom. The summed E-state index contributed by atoms with van der Waals surface area (Å²) in [6, 6.07) is 0. The average molecular weight is 343 g/mol. The molecule has 142 valence electrons. The number of carbonyl (C=O) groups excluding carboxylic acids is 2. The molecule has 4 heteroatoms. The highest BCUT2D eigenvalue weighted by Crippen LogP contribution is 2.14. The minimum atomic E-state index is -0.852. The summed E-state index contributed by atoms with van der Waals surface area (Å²) in [4.78, 5) is 23.1. The quantitative estimate of drug-likeness (QED) is 0.245. The molecule has 0 aliphatic heterocycles. The second-order valence-electron chi connectivity index (χ2n) is 7.05. The van der Waals surface area contributed by atoms with Crippen LogP contribution < -0.4 is 0 Å². The van der Waals surface area contributed by atoms with Crippen molar-refractivity contribution in [2.45, 2.75) is 91.9 Å². The van der Waals surface area contributed by atoms with Crippen LogP contribution in [0.2, 0.25) is 0 Å². The Hall–Kier alpha value is -1.06. The predicted molar refractivity (Wildman–Crippen MR) is 97.8 cm³/mol. The summed E-state index contributed by atoms with van der Waals surface area (Å²) in [5.74, 6) is -0.416. The lowest BCUT2D eigenvalue weighted by atomic mass is 9.99. The van der Waals surface area contributed by atoms with E-state index < -0.39 is 11.9 Å². The van der Waals surface area contributed by atoms with Gasteiger partial charge in [0.1, 0.15) is 0 Å². The number of ether oxygens (including phenoxy) is 2. The van der Waals surface area contributed by atoms with Gasteiger partial charge in [0, 0.05) is 0 Å². The fourth-order valence-corrected chi connectivity index (χ4v) is 2.71. The summed E-state index contributed by atoms with van der Waals surface area (Å²) in [5, 5.41) is 0. The first-order valence-electron chi connectivity index (χ1n) is 9.85. The van der Waals surface area contributed by atoms with Gasteiger partial charge < -0.3 is 9.47 Å². The van der Waals surface area contributed by atoms with Crippen molar-refractivity contribution in [2.24, 2.45) is 11.8 Å². The molecule has 0 saturated carbocycles. The van der Waals surface area contributed by atoms with Crippen LogP contribution in [0.1, 0.15) is 91.9 Å². The van der Waals surface area contributed by atoms with Crippen molar-refractivity contribution in [3.63, 3.8) is 0 Å². The van der Waals surface area contributed by atoms with Gasteiger partial charge in [0.15, 0.2) is 0 Å². The van der Waals surface area contributed by atoms with E-state index in [0.29, 0.717) is 25.0 Å². The highest BCUT2D eigenvalue weighted by Gasteiger charge is 2.17. The highest BCUT2D eigenvalue weighted by molar-refractivity contribution is 6.29. The maximum atomic E-state index is 11.5. The normalized spacial score (nSPS) is 13.3. The Morgan fingerprint density at radius 3 is 1.33 bits per heavy atom. The molecule has 4 nitrogen and oxygen atoms in total. The molecule has 0 aliphatic rings. The molecule has 2 atom stereocenters. The highest BCUT2D eigenvalue weighted by atomic mass is 16.6. The Balaban J connectivity index is 3.61. The minimum Gasteiger partial charge on any atom is -0.457 e.